The highest BCUT2D eigenvalue weighted by atomic mass is 19.1. The standard InChI is InChI=1S/C23H17FN4O/c1-14-3-8-19(29-14)21-18-13-28(2)27-23(18)26-22(16-4-6-17(24)7-5-16)20(21)15-9-11-25-12-10-15/h3-13H,1-2H3. The molecule has 0 saturated heterocycles. The Kier molecular flexibility index (Phi) is 3.98. The SMILES string of the molecule is Cc1ccc(-c2c(-c3ccncc3)c(-c3ccc(F)cc3)nc3nn(C)cc23)o1. The van der Waals surface area contributed by atoms with Crippen LogP contribution in [0.4, 0.5) is 4.39 Å². The van der Waals surface area contributed by atoms with E-state index in [9.17, 15) is 4.39 Å². The summed E-state index contributed by atoms with van der Waals surface area (Å²) in [7, 11) is 1.86. The largest absolute Gasteiger partial charge is 0.461 e. The summed E-state index contributed by atoms with van der Waals surface area (Å²) in [6.07, 6.45) is 5.43. The van der Waals surface area contributed by atoms with Crippen molar-refractivity contribution < 1.29 is 8.81 Å². The van der Waals surface area contributed by atoms with Gasteiger partial charge in [0.25, 0.3) is 0 Å². The van der Waals surface area contributed by atoms with Crippen molar-refractivity contribution in [3.63, 3.8) is 0 Å². The Hall–Kier alpha value is -3.80. The van der Waals surface area contributed by atoms with Gasteiger partial charge < -0.3 is 4.42 Å². The Morgan fingerprint density at radius 2 is 1.66 bits per heavy atom. The highest BCUT2D eigenvalue weighted by Gasteiger charge is 2.23. The third-order valence-corrected chi connectivity index (χ3v) is 4.86. The van der Waals surface area contributed by atoms with E-state index in [1.54, 1.807) is 29.2 Å². The van der Waals surface area contributed by atoms with Crippen LogP contribution in [-0.4, -0.2) is 19.7 Å². The van der Waals surface area contributed by atoms with E-state index in [-0.39, 0.29) is 5.82 Å². The summed E-state index contributed by atoms with van der Waals surface area (Å²) in [4.78, 5) is 9.00. The molecule has 0 radical (unpaired) electrons. The molecular weight excluding hydrogens is 367 g/mol. The maximum atomic E-state index is 13.6. The van der Waals surface area contributed by atoms with Crippen LogP contribution >= 0.6 is 0 Å². The minimum absolute atomic E-state index is 0.292. The van der Waals surface area contributed by atoms with Crippen LogP contribution in [0.1, 0.15) is 5.76 Å². The van der Waals surface area contributed by atoms with Crippen LogP contribution < -0.4 is 0 Å². The lowest BCUT2D eigenvalue weighted by atomic mass is 9.92. The van der Waals surface area contributed by atoms with E-state index in [1.165, 1.54) is 12.1 Å². The third kappa shape index (κ3) is 2.99. The van der Waals surface area contributed by atoms with E-state index in [1.807, 2.05) is 44.4 Å². The van der Waals surface area contributed by atoms with Crippen molar-refractivity contribution in [2.45, 2.75) is 6.92 Å². The van der Waals surface area contributed by atoms with Crippen LogP contribution in [0.15, 0.2) is 71.5 Å². The van der Waals surface area contributed by atoms with E-state index in [4.69, 9.17) is 9.40 Å². The fraction of sp³-hybridized carbons (Fsp3) is 0.0870. The second-order valence-corrected chi connectivity index (χ2v) is 6.90. The first-order valence-electron chi connectivity index (χ1n) is 9.20. The van der Waals surface area contributed by atoms with Crippen molar-refractivity contribution in [3.05, 3.63) is 78.7 Å². The number of pyridine rings is 2. The number of hydrogen-bond donors (Lipinski definition) is 0. The fourth-order valence-electron chi connectivity index (χ4n) is 3.59. The molecule has 0 aliphatic heterocycles. The van der Waals surface area contributed by atoms with Gasteiger partial charge in [0.05, 0.1) is 11.1 Å². The van der Waals surface area contributed by atoms with Crippen LogP contribution in [0, 0.1) is 12.7 Å². The Morgan fingerprint density at radius 3 is 2.34 bits per heavy atom. The molecule has 4 heterocycles. The van der Waals surface area contributed by atoms with Crippen LogP contribution in [0.2, 0.25) is 0 Å². The molecule has 1 aromatic carbocycles. The molecule has 5 nitrogen and oxygen atoms in total. The van der Waals surface area contributed by atoms with E-state index in [0.29, 0.717) is 11.3 Å². The first-order chi connectivity index (χ1) is 14.1. The molecule has 0 bridgehead atoms. The molecule has 5 rings (SSSR count). The monoisotopic (exact) mass is 384 g/mol. The zero-order valence-corrected chi connectivity index (χ0v) is 15.9. The van der Waals surface area contributed by atoms with Gasteiger partial charge in [-0.3, -0.25) is 9.67 Å². The van der Waals surface area contributed by atoms with Crippen LogP contribution in [0.25, 0.3) is 44.7 Å². The number of halogens is 1. The number of aryl methyl sites for hydroxylation is 2. The van der Waals surface area contributed by atoms with Gasteiger partial charge in [-0.2, -0.15) is 5.10 Å². The minimum Gasteiger partial charge on any atom is -0.461 e. The lowest BCUT2D eigenvalue weighted by molar-refractivity contribution is 0.549. The van der Waals surface area contributed by atoms with Gasteiger partial charge in [-0.1, -0.05) is 0 Å². The zero-order chi connectivity index (χ0) is 20.0. The maximum Gasteiger partial charge on any atom is 0.182 e. The predicted octanol–water partition coefficient (Wildman–Crippen LogP) is 5.40. The van der Waals surface area contributed by atoms with Crippen LogP contribution in [-0.2, 0) is 7.05 Å². The van der Waals surface area contributed by atoms with E-state index < -0.39 is 0 Å². The summed E-state index contributed by atoms with van der Waals surface area (Å²) in [5.74, 6) is 1.26. The van der Waals surface area contributed by atoms with Crippen molar-refractivity contribution >= 4 is 11.0 Å². The third-order valence-electron chi connectivity index (χ3n) is 4.86. The van der Waals surface area contributed by atoms with Gasteiger partial charge in [0.15, 0.2) is 5.65 Å². The molecule has 0 amide bonds. The average molecular weight is 384 g/mol. The molecule has 0 atom stereocenters. The quantitative estimate of drug-likeness (QED) is 0.418. The molecule has 29 heavy (non-hydrogen) atoms. The van der Waals surface area contributed by atoms with Crippen molar-refractivity contribution in [1.82, 2.24) is 19.7 Å². The highest BCUT2D eigenvalue weighted by Crippen LogP contribution is 2.43. The Morgan fingerprint density at radius 1 is 0.897 bits per heavy atom. The number of benzene rings is 1. The molecule has 0 fully saturated rings. The van der Waals surface area contributed by atoms with E-state index in [2.05, 4.69) is 10.1 Å². The molecule has 0 aliphatic carbocycles. The first-order valence-corrected chi connectivity index (χ1v) is 9.20. The summed E-state index contributed by atoms with van der Waals surface area (Å²) in [6, 6.07) is 14.1. The Balaban J connectivity index is 1.94. The normalized spacial score (nSPS) is 11.3. The molecular formula is C23H17FN4O. The molecule has 6 heteroatoms. The van der Waals surface area contributed by atoms with E-state index >= 15 is 0 Å². The summed E-state index contributed by atoms with van der Waals surface area (Å²) in [5.41, 5.74) is 4.87. The van der Waals surface area contributed by atoms with Gasteiger partial charge in [0.2, 0.25) is 0 Å². The topological polar surface area (TPSA) is 56.7 Å². The number of rotatable bonds is 3. The average Bonchev–Trinajstić information content (AvgIpc) is 3.32. The second kappa shape index (κ2) is 6.67. The van der Waals surface area contributed by atoms with Gasteiger partial charge in [-0.05, 0) is 61.0 Å². The van der Waals surface area contributed by atoms with Crippen molar-refractivity contribution in [2.75, 3.05) is 0 Å². The molecule has 0 unspecified atom stereocenters. The second-order valence-electron chi connectivity index (χ2n) is 6.90. The Labute approximate surface area is 166 Å². The van der Waals surface area contributed by atoms with Crippen molar-refractivity contribution in [2.24, 2.45) is 7.05 Å². The highest BCUT2D eigenvalue weighted by molar-refractivity contribution is 6.04. The lowest BCUT2D eigenvalue weighted by Gasteiger charge is -2.14. The van der Waals surface area contributed by atoms with Crippen LogP contribution in [0.3, 0.4) is 0 Å². The predicted molar refractivity (Wildman–Crippen MR) is 110 cm³/mol. The van der Waals surface area contributed by atoms with Crippen LogP contribution in [0.5, 0.6) is 0 Å². The Bertz CT molecular complexity index is 1320. The van der Waals surface area contributed by atoms with Gasteiger partial charge in [0, 0.05) is 42.3 Å². The summed E-state index contributed by atoms with van der Waals surface area (Å²) in [6.45, 7) is 1.91. The lowest BCUT2D eigenvalue weighted by Crippen LogP contribution is -1.95. The van der Waals surface area contributed by atoms with Gasteiger partial charge in [-0.25, -0.2) is 9.37 Å². The molecule has 0 spiro atoms. The van der Waals surface area contributed by atoms with Gasteiger partial charge in [0.1, 0.15) is 17.3 Å². The number of aromatic nitrogens is 4. The summed E-state index contributed by atoms with van der Waals surface area (Å²) >= 11 is 0. The molecule has 0 aliphatic rings. The fourth-order valence-corrected chi connectivity index (χ4v) is 3.59. The van der Waals surface area contributed by atoms with E-state index in [0.717, 1.165) is 39.2 Å². The summed E-state index contributed by atoms with van der Waals surface area (Å²) in [5, 5.41) is 5.41. The van der Waals surface area contributed by atoms with Gasteiger partial charge in [-0.15, -0.1) is 0 Å². The number of nitrogens with zero attached hydrogens (tertiary/aromatic N) is 4. The number of hydrogen-bond acceptors (Lipinski definition) is 4. The molecule has 0 saturated carbocycles. The number of fused-ring (bicyclic) bond motifs is 1. The first kappa shape index (κ1) is 17.3. The van der Waals surface area contributed by atoms with Gasteiger partial charge >= 0.3 is 0 Å². The number of furan rings is 1. The minimum atomic E-state index is -0.292. The van der Waals surface area contributed by atoms with Crippen molar-refractivity contribution in [3.8, 4) is 33.7 Å². The maximum absolute atomic E-state index is 13.6. The molecule has 4 aromatic heterocycles. The molecule has 0 N–H and O–H groups in total. The summed E-state index contributed by atoms with van der Waals surface area (Å²) < 4.78 is 21.3. The zero-order valence-electron chi connectivity index (χ0n) is 15.9. The molecule has 5 aromatic rings. The molecule has 142 valence electrons. The smallest absolute Gasteiger partial charge is 0.182 e. The van der Waals surface area contributed by atoms with Crippen molar-refractivity contribution in [1.29, 1.82) is 0 Å².